The van der Waals surface area contributed by atoms with E-state index in [2.05, 4.69) is 17.0 Å². The molecular weight excluding hydrogens is 426 g/mol. The van der Waals surface area contributed by atoms with E-state index < -0.39 is 5.41 Å². The average Bonchev–Trinajstić information content (AvgIpc) is 3.07. The first-order valence-corrected chi connectivity index (χ1v) is 12.6. The molecule has 0 unspecified atom stereocenters. The predicted molar refractivity (Wildman–Crippen MR) is 132 cm³/mol. The lowest BCUT2D eigenvalue weighted by atomic mass is 9.61. The third kappa shape index (κ3) is 4.70. The molecule has 0 N–H and O–H groups in total. The highest BCUT2D eigenvalue weighted by Gasteiger charge is 2.61. The molecule has 1 aliphatic carbocycles. The van der Waals surface area contributed by atoms with E-state index in [4.69, 9.17) is 9.47 Å². The highest BCUT2D eigenvalue weighted by Crippen LogP contribution is 2.55. The van der Waals surface area contributed by atoms with Gasteiger partial charge in [0.1, 0.15) is 5.75 Å². The van der Waals surface area contributed by atoms with Crippen LogP contribution >= 0.6 is 0 Å². The zero-order chi connectivity index (χ0) is 24.1. The first kappa shape index (κ1) is 24.3. The number of likely N-dealkylation sites (tertiary alicyclic amines) is 1. The molecule has 1 spiro atoms. The Morgan fingerprint density at radius 2 is 1.71 bits per heavy atom. The molecule has 1 saturated heterocycles. The van der Waals surface area contributed by atoms with Crippen LogP contribution in [-0.4, -0.2) is 36.5 Å². The maximum Gasteiger partial charge on any atom is 0.309 e. The van der Waals surface area contributed by atoms with E-state index in [0.717, 1.165) is 49.8 Å². The fraction of sp³-hybridized carbons (Fsp3) is 0.517. The normalized spacial score (nSPS) is 22.6. The summed E-state index contributed by atoms with van der Waals surface area (Å²) in [4.78, 5) is 29.4. The van der Waals surface area contributed by atoms with Gasteiger partial charge in [-0.1, -0.05) is 68.7 Å². The first-order chi connectivity index (χ1) is 16.5. The van der Waals surface area contributed by atoms with Crippen LogP contribution in [0.25, 0.3) is 0 Å². The number of hydrogen-bond donors (Lipinski definition) is 0. The molecule has 2 fully saturated rings. The first-order valence-electron chi connectivity index (χ1n) is 12.6. The molecule has 0 bridgehead atoms. The molecule has 34 heavy (non-hydrogen) atoms. The fourth-order valence-corrected chi connectivity index (χ4v) is 6.31. The molecule has 2 aromatic carbocycles. The molecular formula is C29H37NO4. The van der Waals surface area contributed by atoms with Crippen LogP contribution in [0.1, 0.15) is 57.1 Å². The van der Waals surface area contributed by atoms with Gasteiger partial charge in [-0.2, -0.15) is 0 Å². The summed E-state index contributed by atoms with van der Waals surface area (Å²) in [6.07, 6.45) is 5.66. The van der Waals surface area contributed by atoms with Gasteiger partial charge < -0.3 is 14.4 Å². The van der Waals surface area contributed by atoms with Gasteiger partial charge in [-0.25, -0.2) is 0 Å². The van der Waals surface area contributed by atoms with Crippen molar-refractivity contribution in [1.82, 2.24) is 4.90 Å². The molecule has 0 radical (unpaired) electrons. The summed E-state index contributed by atoms with van der Waals surface area (Å²) < 4.78 is 10.8. The highest BCUT2D eigenvalue weighted by molar-refractivity contribution is 5.88. The maximum absolute atomic E-state index is 14.3. The van der Waals surface area contributed by atoms with Crippen LogP contribution in [0.3, 0.4) is 0 Å². The largest absolute Gasteiger partial charge is 0.497 e. The van der Waals surface area contributed by atoms with Crippen molar-refractivity contribution in [2.75, 3.05) is 13.7 Å². The Bertz CT molecular complexity index is 965. The molecule has 1 saturated carbocycles. The van der Waals surface area contributed by atoms with E-state index in [1.54, 1.807) is 7.11 Å². The highest BCUT2D eigenvalue weighted by atomic mass is 16.5. The zero-order valence-electron chi connectivity index (χ0n) is 20.7. The van der Waals surface area contributed by atoms with Crippen LogP contribution in [0.4, 0.5) is 0 Å². The third-order valence-corrected chi connectivity index (χ3v) is 7.88. The topological polar surface area (TPSA) is 55.8 Å². The van der Waals surface area contributed by atoms with Crippen molar-refractivity contribution in [2.24, 2.45) is 17.3 Å². The second-order valence-electron chi connectivity index (χ2n) is 9.82. The van der Waals surface area contributed by atoms with Crippen molar-refractivity contribution in [3.8, 4) is 5.75 Å². The van der Waals surface area contributed by atoms with E-state index in [9.17, 15) is 9.59 Å². The molecule has 182 valence electrons. The van der Waals surface area contributed by atoms with Gasteiger partial charge in [-0.05, 0) is 49.4 Å². The van der Waals surface area contributed by atoms with Gasteiger partial charge in [0.15, 0.2) is 0 Å². The van der Waals surface area contributed by atoms with E-state index in [-0.39, 0.29) is 29.8 Å². The summed E-state index contributed by atoms with van der Waals surface area (Å²) in [6, 6.07) is 18.2. The van der Waals surface area contributed by atoms with Crippen LogP contribution in [0.15, 0.2) is 54.6 Å². The molecule has 4 rings (SSSR count). The van der Waals surface area contributed by atoms with E-state index in [1.807, 2.05) is 56.3 Å². The number of hydrogen-bond acceptors (Lipinski definition) is 4. The number of benzene rings is 2. The van der Waals surface area contributed by atoms with Gasteiger partial charge >= 0.3 is 5.97 Å². The monoisotopic (exact) mass is 463 g/mol. The van der Waals surface area contributed by atoms with Crippen LogP contribution in [0.2, 0.25) is 0 Å². The average molecular weight is 464 g/mol. The van der Waals surface area contributed by atoms with Gasteiger partial charge in [0, 0.05) is 18.5 Å². The van der Waals surface area contributed by atoms with Crippen molar-refractivity contribution < 1.29 is 19.1 Å². The van der Waals surface area contributed by atoms with Crippen molar-refractivity contribution in [1.29, 1.82) is 0 Å². The molecule has 5 nitrogen and oxygen atoms in total. The fourth-order valence-electron chi connectivity index (χ4n) is 6.31. The maximum atomic E-state index is 14.3. The summed E-state index contributed by atoms with van der Waals surface area (Å²) >= 11 is 0. The Hall–Kier alpha value is -2.82. The van der Waals surface area contributed by atoms with Crippen LogP contribution < -0.4 is 4.74 Å². The number of nitrogens with zero attached hydrogens (tertiary/aromatic N) is 1. The molecule has 1 aliphatic heterocycles. The predicted octanol–water partition coefficient (Wildman–Crippen LogP) is 5.41. The number of rotatable bonds is 8. The minimum absolute atomic E-state index is 0.0606. The molecule has 2 aromatic rings. The second-order valence-corrected chi connectivity index (χ2v) is 9.82. The number of ether oxygens (including phenoxy) is 2. The third-order valence-electron chi connectivity index (χ3n) is 7.88. The van der Waals surface area contributed by atoms with Crippen LogP contribution in [-0.2, 0) is 27.3 Å². The van der Waals surface area contributed by atoms with Gasteiger partial charge in [0.05, 0.1) is 25.0 Å². The quantitative estimate of drug-likeness (QED) is 0.491. The minimum atomic E-state index is -0.490. The molecule has 0 aromatic heterocycles. The molecule has 1 amide bonds. The Morgan fingerprint density at radius 1 is 1.03 bits per heavy atom. The Labute approximate surface area is 203 Å². The number of amides is 1. The Balaban J connectivity index is 1.75. The van der Waals surface area contributed by atoms with Crippen molar-refractivity contribution in [3.63, 3.8) is 0 Å². The van der Waals surface area contributed by atoms with Crippen molar-refractivity contribution in [3.05, 3.63) is 65.7 Å². The Morgan fingerprint density at radius 3 is 2.32 bits per heavy atom. The molecule has 1 heterocycles. The number of carbonyl (C=O) groups is 2. The van der Waals surface area contributed by atoms with Crippen LogP contribution in [0, 0.1) is 17.3 Å². The summed E-state index contributed by atoms with van der Waals surface area (Å²) in [7, 11) is 1.66. The van der Waals surface area contributed by atoms with E-state index in [0.29, 0.717) is 13.2 Å². The van der Waals surface area contributed by atoms with Gasteiger partial charge in [0.2, 0.25) is 5.91 Å². The Kier molecular flexibility index (Phi) is 7.60. The molecule has 3 atom stereocenters. The van der Waals surface area contributed by atoms with E-state index in [1.165, 1.54) is 5.56 Å². The van der Waals surface area contributed by atoms with Gasteiger partial charge in [0.25, 0.3) is 0 Å². The van der Waals surface area contributed by atoms with Gasteiger partial charge in [-0.15, -0.1) is 0 Å². The summed E-state index contributed by atoms with van der Waals surface area (Å²) in [5.41, 5.74) is 1.77. The standard InChI is InChI=1S/C29H37NO4/c1-4-34-27(31)21(2)26-25(19-22-11-7-5-8-12-22)30(20-23-13-15-24(33-3)16-14-23)28(32)29(26)17-9-6-10-18-29/h5,7-8,11-16,21,25-26H,4,6,9-10,17-20H2,1-3H3/t21-,25+,26+/m1/s1. The molecule has 5 heteroatoms. The summed E-state index contributed by atoms with van der Waals surface area (Å²) in [6.45, 7) is 4.71. The summed E-state index contributed by atoms with van der Waals surface area (Å²) in [5.74, 6) is 0.420. The van der Waals surface area contributed by atoms with Crippen molar-refractivity contribution >= 4 is 11.9 Å². The SMILES string of the molecule is CCOC(=O)[C@H](C)[C@H]1[C@H](Cc2ccccc2)N(Cc2ccc(OC)cc2)C(=O)C12CCCCC2. The molecule has 2 aliphatic rings. The lowest BCUT2D eigenvalue weighted by Crippen LogP contribution is -2.43. The smallest absolute Gasteiger partial charge is 0.309 e. The van der Waals surface area contributed by atoms with Crippen LogP contribution in [0.5, 0.6) is 5.75 Å². The number of methoxy groups -OCH3 is 1. The van der Waals surface area contributed by atoms with E-state index >= 15 is 0 Å². The van der Waals surface area contributed by atoms with Crippen molar-refractivity contribution in [2.45, 2.75) is 65.0 Å². The summed E-state index contributed by atoms with van der Waals surface area (Å²) in [5, 5.41) is 0. The zero-order valence-corrected chi connectivity index (χ0v) is 20.7. The second kappa shape index (κ2) is 10.6. The number of carbonyl (C=O) groups excluding carboxylic acids is 2. The van der Waals surface area contributed by atoms with Gasteiger partial charge in [-0.3, -0.25) is 9.59 Å². The number of esters is 1. The lowest BCUT2D eigenvalue weighted by molar-refractivity contribution is -0.152. The lowest BCUT2D eigenvalue weighted by Gasteiger charge is -2.39. The minimum Gasteiger partial charge on any atom is -0.497 e.